The van der Waals surface area contributed by atoms with Gasteiger partial charge in [-0.3, -0.25) is 13.9 Å². The number of benzene rings is 3. The molecule has 9 heteroatoms. The highest BCUT2D eigenvalue weighted by atomic mass is 79.9. The lowest BCUT2D eigenvalue weighted by Gasteiger charge is -2.34. The molecule has 3 aromatic rings. The second-order valence-corrected chi connectivity index (χ2v) is 13.3. The Morgan fingerprint density at radius 1 is 0.925 bits per heavy atom. The lowest BCUT2D eigenvalue weighted by molar-refractivity contribution is -0.140. The minimum absolute atomic E-state index is 0.0792. The van der Waals surface area contributed by atoms with Crippen molar-refractivity contribution in [3.05, 3.63) is 100 Å². The Hall–Kier alpha value is -3.17. The Labute approximate surface area is 245 Å². The Kier molecular flexibility index (Phi) is 10.0. The molecule has 0 spiro atoms. The molecule has 0 aromatic heterocycles. The number of rotatable bonds is 11. The molecule has 1 N–H and O–H groups in total. The van der Waals surface area contributed by atoms with E-state index in [1.54, 1.807) is 12.1 Å². The molecule has 212 valence electrons. The second kappa shape index (κ2) is 13.5. The van der Waals surface area contributed by atoms with Crippen LogP contribution in [0.4, 0.5) is 5.69 Å². The molecule has 1 aliphatic carbocycles. The van der Waals surface area contributed by atoms with Gasteiger partial charge in [-0.15, -0.1) is 0 Å². The molecule has 0 heterocycles. The smallest absolute Gasteiger partial charge is 0.244 e. The van der Waals surface area contributed by atoms with Gasteiger partial charge in [-0.25, -0.2) is 8.42 Å². The number of sulfonamides is 1. The predicted molar refractivity (Wildman–Crippen MR) is 162 cm³/mol. The van der Waals surface area contributed by atoms with E-state index in [0.29, 0.717) is 12.1 Å². The minimum Gasteiger partial charge on any atom is -0.352 e. The molecule has 40 heavy (non-hydrogen) atoms. The quantitative estimate of drug-likeness (QED) is 0.316. The first-order valence-electron chi connectivity index (χ1n) is 13.5. The highest BCUT2D eigenvalue weighted by Crippen LogP contribution is 2.23. The van der Waals surface area contributed by atoms with Crippen molar-refractivity contribution in [2.45, 2.75) is 57.7 Å². The molecule has 2 amide bonds. The van der Waals surface area contributed by atoms with Crippen LogP contribution in [-0.2, 0) is 32.6 Å². The van der Waals surface area contributed by atoms with Crippen molar-refractivity contribution in [1.82, 2.24) is 10.2 Å². The molecule has 4 rings (SSSR count). The molecule has 0 radical (unpaired) electrons. The topological polar surface area (TPSA) is 86.8 Å². The first-order valence-corrected chi connectivity index (χ1v) is 16.2. The molecular weight excluding hydrogens is 590 g/mol. The lowest BCUT2D eigenvalue weighted by Crippen LogP contribution is -2.54. The predicted octanol–water partition coefficient (Wildman–Crippen LogP) is 5.22. The van der Waals surface area contributed by atoms with Crippen LogP contribution in [0.25, 0.3) is 0 Å². The van der Waals surface area contributed by atoms with Gasteiger partial charge in [0.1, 0.15) is 12.6 Å². The number of carbonyl (C=O) groups is 2. The fourth-order valence-electron chi connectivity index (χ4n) is 5.03. The molecule has 0 aliphatic heterocycles. The maximum Gasteiger partial charge on any atom is 0.244 e. The summed E-state index contributed by atoms with van der Waals surface area (Å²) in [5.41, 5.74) is 3.14. The summed E-state index contributed by atoms with van der Waals surface area (Å²) in [6.07, 6.45) is 5.36. The molecule has 1 saturated carbocycles. The summed E-state index contributed by atoms with van der Waals surface area (Å²) < 4.78 is 27.7. The van der Waals surface area contributed by atoms with Gasteiger partial charge in [0.25, 0.3) is 0 Å². The van der Waals surface area contributed by atoms with Crippen molar-refractivity contribution in [1.29, 1.82) is 0 Å². The van der Waals surface area contributed by atoms with Crippen molar-refractivity contribution in [3.8, 4) is 0 Å². The van der Waals surface area contributed by atoms with Crippen molar-refractivity contribution in [3.63, 3.8) is 0 Å². The first-order chi connectivity index (χ1) is 19.1. The van der Waals surface area contributed by atoms with Crippen LogP contribution in [0.3, 0.4) is 0 Å². The number of hydrogen-bond acceptors (Lipinski definition) is 4. The summed E-state index contributed by atoms with van der Waals surface area (Å²) in [5, 5.41) is 3.18. The number of nitrogens with zero attached hydrogens (tertiary/aromatic N) is 2. The van der Waals surface area contributed by atoms with Gasteiger partial charge in [0.05, 0.1) is 11.9 Å². The van der Waals surface area contributed by atoms with Gasteiger partial charge in [0, 0.05) is 23.5 Å². The zero-order valence-corrected chi connectivity index (χ0v) is 25.3. The van der Waals surface area contributed by atoms with Crippen LogP contribution in [0.1, 0.15) is 42.4 Å². The minimum atomic E-state index is -3.78. The van der Waals surface area contributed by atoms with E-state index in [-0.39, 0.29) is 18.5 Å². The summed E-state index contributed by atoms with van der Waals surface area (Å²) >= 11 is 3.45. The van der Waals surface area contributed by atoms with Gasteiger partial charge in [0.15, 0.2) is 0 Å². The van der Waals surface area contributed by atoms with Crippen molar-refractivity contribution in [2.24, 2.45) is 0 Å². The third-order valence-corrected chi connectivity index (χ3v) is 8.91. The SMILES string of the molecule is Cc1ccc(N(CC(=O)N(Cc2ccc(Br)cc2)[C@@H](Cc2ccccc2)C(=O)NC2CCCC2)S(C)(=O)=O)cc1. The van der Waals surface area contributed by atoms with Crippen LogP contribution < -0.4 is 9.62 Å². The zero-order valence-electron chi connectivity index (χ0n) is 22.9. The fourth-order valence-corrected chi connectivity index (χ4v) is 6.15. The molecule has 3 aromatic carbocycles. The van der Waals surface area contributed by atoms with Crippen LogP contribution in [-0.4, -0.2) is 50.0 Å². The molecule has 0 bridgehead atoms. The number of carbonyl (C=O) groups excluding carboxylic acids is 2. The molecule has 0 saturated heterocycles. The van der Waals surface area contributed by atoms with Gasteiger partial charge in [0.2, 0.25) is 21.8 Å². The van der Waals surface area contributed by atoms with E-state index in [1.807, 2.05) is 73.7 Å². The number of amides is 2. The summed E-state index contributed by atoms with van der Waals surface area (Å²) in [5.74, 6) is -0.668. The first kappa shape index (κ1) is 29.8. The Morgan fingerprint density at radius 2 is 1.55 bits per heavy atom. The van der Waals surface area contributed by atoms with Crippen LogP contribution in [0.5, 0.6) is 0 Å². The van der Waals surface area contributed by atoms with Gasteiger partial charge < -0.3 is 10.2 Å². The van der Waals surface area contributed by atoms with Crippen LogP contribution >= 0.6 is 15.9 Å². The van der Waals surface area contributed by atoms with Gasteiger partial charge in [-0.05, 0) is 55.2 Å². The Morgan fingerprint density at radius 3 is 2.15 bits per heavy atom. The molecule has 0 unspecified atom stereocenters. The Bertz CT molecular complexity index is 1390. The van der Waals surface area contributed by atoms with E-state index < -0.39 is 28.5 Å². The maximum atomic E-state index is 14.1. The average molecular weight is 627 g/mol. The van der Waals surface area contributed by atoms with Crippen LogP contribution in [0.2, 0.25) is 0 Å². The van der Waals surface area contributed by atoms with Gasteiger partial charge in [-0.2, -0.15) is 0 Å². The number of hydrogen-bond donors (Lipinski definition) is 1. The monoisotopic (exact) mass is 625 g/mol. The van der Waals surface area contributed by atoms with E-state index in [4.69, 9.17) is 0 Å². The van der Waals surface area contributed by atoms with E-state index in [9.17, 15) is 18.0 Å². The average Bonchev–Trinajstić information content (AvgIpc) is 3.44. The van der Waals surface area contributed by atoms with Gasteiger partial charge >= 0.3 is 0 Å². The molecule has 1 atom stereocenters. The van der Waals surface area contributed by atoms with Crippen LogP contribution in [0, 0.1) is 6.92 Å². The maximum absolute atomic E-state index is 14.1. The van der Waals surface area contributed by atoms with Crippen molar-refractivity contribution >= 4 is 43.5 Å². The third kappa shape index (κ3) is 8.17. The number of aryl methyl sites for hydroxylation is 1. The van der Waals surface area contributed by atoms with E-state index in [2.05, 4.69) is 21.2 Å². The zero-order chi connectivity index (χ0) is 28.7. The van der Waals surface area contributed by atoms with Crippen molar-refractivity contribution < 1.29 is 18.0 Å². The number of anilines is 1. The van der Waals surface area contributed by atoms with Crippen molar-refractivity contribution in [2.75, 3.05) is 17.1 Å². The molecule has 1 fully saturated rings. The Balaban J connectivity index is 1.71. The van der Waals surface area contributed by atoms with Gasteiger partial charge in [-0.1, -0.05) is 88.9 Å². The van der Waals surface area contributed by atoms with E-state index in [0.717, 1.165) is 57.4 Å². The molecular formula is C31H36BrN3O4S. The largest absolute Gasteiger partial charge is 0.352 e. The fraction of sp³-hybridized carbons (Fsp3) is 0.355. The summed E-state index contributed by atoms with van der Waals surface area (Å²) in [6.45, 7) is 1.66. The van der Waals surface area contributed by atoms with Crippen LogP contribution in [0.15, 0.2) is 83.3 Å². The normalized spacial score (nSPS) is 14.5. The highest BCUT2D eigenvalue weighted by molar-refractivity contribution is 9.10. The standard InChI is InChI=1S/C31H36BrN3O4S/c1-23-12-18-28(19-13-23)35(40(2,38)39)22-30(36)34(21-25-14-16-26(32)17-15-25)29(20-24-8-4-3-5-9-24)31(37)33-27-10-6-7-11-27/h3-5,8-9,12-19,27,29H,6-7,10-11,20-22H2,1-2H3,(H,33,37)/t29-/m0/s1. The molecule has 7 nitrogen and oxygen atoms in total. The summed E-state index contributed by atoms with van der Waals surface area (Å²) in [4.78, 5) is 29.5. The number of nitrogens with one attached hydrogen (secondary N) is 1. The second-order valence-electron chi connectivity index (χ2n) is 10.4. The summed E-state index contributed by atoms with van der Waals surface area (Å²) in [7, 11) is -3.78. The lowest BCUT2D eigenvalue weighted by atomic mass is 10.0. The highest BCUT2D eigenvalue weighted by Gasteiger charge is 2.34. The number of halogens is 1. The molecule has 1 aliphatic rings. The summed E-state index contributed by atoms with van der Waals surface area (Å²) in [6, 6.07) is 23.4. The van der Waals surface area contributed by atoms with E-state index >= 15 is 0 Å². The van der Waals surface area contributed by atoms with E-state index in [1.165, 1.54) is 4.90 Å². The third-order valence-electron chi connectivity index (χ3n) is 7.24.